The predicted octanol–water partition coefficient (Wildman–Crippen LogP) is 3.36. The summed E-state index contributed by atoms with van der Waals surface area (Å²) in [6, 6.07) is 13.8. The molecule has 2 N–H and O–H groups in total. The number of rotatable bonds is 8. The van der Waals surface area contributed by atoms with E-state index in [-0.39, 0.29) is 24.2 Å². The molecule has 9 heteroatoms. The lowest BCUT2D eigenvalue weighted by Gasteiger charge is -2.34. The molecule has 1 fully saturated rings. The Morgan fingerprint density at radius 3 is 2.69 bits per heavy atom. The summed E-state index contributed by atoms with van der Waals surface area (Å²) >= 11 is 1.63. The minimum atomic E-state index is -0.383. The van der Waals surface area contributed by atoms with Crippen LogP contribution in [0.4, 0.5) is 10.1 Å². The fraction of sp³-hybridized carbons (Fsp3) is 0.348. The van der Waals surface area contributed by atoms with Crippen molar-refractivity contribution in [2.75, 3.05) is 43.8 Å². The second-order valence-corrected chi connectivity index (χ2v) is 8.81. The van der Waals surface area contributed by atoms with E-state index in [0.717, 1.165) is 28.4 Å². The number of amides is 2. The fourth-order valence-electron chi connectivity index (χ4n) is 3.67. The molecule has 168 valence electrons. The van der Waals surface area contributed by atoms with Gasteiger partial charge in [-0.2, -0.15) is 0 Å². The van der Waals surface area contributed by atoms with Gasteiger partial charge in [0.05, 0.1) is 17.6 Å². The summed E-state index contributed by atoms with van der Waals surface area (Å²) in [5, 5.41) is 3.59. The number of halogens is 1. The van der Waals surface area contributed by atoms with E-state index in [4.69, 9.17) is 0 Å². The van der Waals surface area contributed by atoms with Crippen molar-refractivity contribution in [1.29, 1.82) is 0 Å². The molecule has 1 aromatic heterocycles. The van der Waals surface area contributed by atoms with E-state index in [1.807, 2.05) is 34.1 Å². The summed E-state index contributed by atoms with van der Waals surface area (Å²) in [5.74, 6) is 0.411. The van der Waals surface area contributed by atoms with Gasteiger partial charge in [0.25, 0.3) is 0 Å². The van der Waals surface area contributed by atoms with E-state index in [1.165, 1.54) is 12.1 Å². The lowest BCUT2D eigenvalue weighted by molar-refractivity contribution is -0.133. The molecule has 32 heavy (non-hydrogen) atoms. The van der Waals surface area contributed by atoms with Crippen LogP contribution in [-0.4, -0.2) is 70.1 Å². The molecule has 3 aromatic rings. The number of nitrogens with zero attached hydrogens (tertiary/aromatic N) is 3. The molecule has 2 amide bonds. The molecule has 0 saturated carbocycles. The average molecular weight is 456 g/mol. The summed E-state index contributed by atoms with van der Waals surface area (Å²) in [4.78, 5) is 36.4. The standard InChI is InChI=1S/C23H26FN5O2S/c24-17-5-3-6-18(15-17)25-21(30)16-28-10-12-29(13-11-28)22(31)9-4-14-32-23-26-19-7-1-2-8-20(19)27-23/h1-3,5-8,15H,4,9-14,16H2,(H,25,30)(H,26,27). The van der Waals surface area contributed by atoms with Crippen molar-refractivity contribution < 1.29 is 14.0 Å². The highest BCUT2D eigenvalue weighted by Gasteiger charge is 2.22. The number of imidazole rings is 1. The monoisotopic (exact) mass is 455 g/mol. The predicted molar refractivity (Wildman–Crippen MR) is 124 cm³/mol. The first-order valence-electron chi connectivity index (χ1n) is 10.7. The maximum absolute atomic E-state index is 13.2. The van der Waals surface area contributed by atoms with Crippen molar-refractivity contribution >= 4 is 40.3 Å². The number of thioether (sulfide) groups is 1. The summed E-state index contributed by atoms with van der Waals surface area (Å²) in [7, 11) is 0. The molecule has 0 unspecified atom stereocenters. The number of anilines is 1. The molecule has 0 aliphatic carbocycles. The van der Waals surface area contributed by atoms with Crippen LogP contribution in [0.15, 0.2) is 53.7 Å². The normalized spacial score (nSPS) is 14.6. The second-order valence-electron chi connectivity index (χ2n) is 7.73. The van der Waals surface area contributed by atoms with Gasteiger partial charge in [-0.1, -0.05) is 30.0 Å². The molecular weight excluding hydrogens is 429 g/mol. The van der Waals surface area contributed by atoms with Crippen LogP contribution in [0.25, 0.3) is 11.0 Å². The van der Waals surface area contributed by atoms with Gasteiger partial charge in [0.15, 0.2) is 5.16 Å². The topological polar surface area (TPSA) is 81.3 Å². The number of nitrogens with one attached hydrogen (secondary N) is 2. The molecule has 1 saturated heterocycles. The largest absolute Gasteiger partial charge is 0.340 e. The number of hydrogen-bond acceptors (Lipinski definition) is 5. The zero-order chi connectivity index (χ0) is 22.3. The quantitative estimate of drug-likeness (QED) is 0.402. The van der Waals surface area contributed by atoms with E-state index in [1.54, 1.807) is 23.9 Å². The van der Waals surface area contributed by atoms with Gasteiger partial charge in [-0.3, -0.25) is 14.5 Å². The Labute approximate surface area is 190 Å². The maximum Gasteiger partial charge on any atom is 0.238 e. The lowest BCUT2D eigenvalue weighted by atomic mass is 10.2. The van der Waals surface area contributed by atoms with E-state index in [0.29, 0.717) is 38.3 Å². The van der Waals surface area contributed by atoms with Gasteiger partial charge in [-0.25, -0.2) is 9.37 Å². The van der Waals surface area contributed by atoms with Gasteiger partial charge in [0, 0.05) is 44.0 Å². The van der Waals surface area contributed by atoms with E-state index in [9.17, 15) is 14.0 Å². The van der Waals surface area contributed by atoms with Crippen LogP contribution in [0.3, 0.4) is 0 Å². The molecule has 0 atom stereocenters. The number of benzene rings is 2. The number of aromatic nitrogens is 2. The maximum atomic E-state index is 13.2. The van der Waals surface area contributed by atoms with Gasteiger partial charge in [-0.05, 0) is 36.8 Å². The molecule has 1 aliphatic rings. The van der Waals surface area contributed by atoms with Gasteiger partial charge < -0.3 is 15.2 Å². The third-order valence-electron chi connectivity index (χ3n) is 5.34. The Hall–Kier alpha value is -2.91. The number of hydrogen-bond donors (Lipinski definition) is 2. The molecule has 0 bridgehead atoms. The van der Waals surface area contributed by atoms with Crippen molar-refractivity contribution in [2.45, 2.75) is 18.0 Å². The van der Waals surface area contributed by atoms with Crippen molar-refractivity contribution in [3.63, 3.8) is 0 Å². The highest BCUT2D eigenvalue weighted by molar-refractivity contribution is 7.99. The fourth-order valence-corrected chi connectivity index (χ4v) is 4.50. The first-order chi connectivity index (χ1) is 15.6. The van der Waals surface area contributed by atoms with Gasteiger partial charge in [-0.15, -0.1) is 0 Å². The third-order valence-corrected chi connectivity index (χ3v) is 6.30. The number of carbonyl (C=O) groups excluding carboxylic acids is 2. The Morgan fingerprint density at radius 1 is 1.09 bits per heavy atom. The minimum absolute atomic E-state index is 0.152. The molecule has 7 nitrogen and oxygen atoms in total. The third kappa shape index (κ3) is 6.08. The molecule has 1 aliphatic heterocycles. The number of para-hydroxylation sites is 2. The smallest absolute Gasteiger partial charge is 0.238 e. The summed E-state index contributed by atoms with van der Waals surface area (Å²) in [6.07, 6.45) is 1.30. The molecule has 4 rings (SSSR count). The Bertz CT molecular complexity index is 1050. The van der Waals surface area contributed by atoms with Gasteiger partial charge >= 0.3 is 0 Å². The summed E-state index contributed by atoms with van der Waals surface area (Å²) in [6.45, 7) is 2.75. The highest BCUT2D eigenvalue weighted by atomic mass is 32.2. The van der Waals surface area contributed by atoms with Crippen molar-refractivity contribution in [2.24, 2.45) is 0 Å². The van der Waals surface area contributed by atoms with E-state index in [2.05, 4.69) is 15.3 Å². The zero-order valence-corrected chi connectivity index (χ0v) is 18.5. The van der Waals surface area contributed by atoms with Crippen LogP contribution < -0.4 is 5.32 Å². The molecule has 2 aromatic carbocycles. The van der Waals surface area contributed by atoms with Crippen molar-refractivity contribution in [1.82, 2.24) is 19.8 Å². The summed E-state index contributed by atoms with van der Waals surface area (Å²) in [5.41, 5.74) is 2.42. The highest BCUT2D eigenvalue weighted by Crippen LogP contribution is 2.20. The molecule has 2 heterocycles. The lowest BCUT2D eigenvalue weighted by Crippen LogP contribution is -2.50. The van der Waals surface area contributed by atoms with Crippen LogP contribution in [0.2, 0.25) is 0 Å². The van der Waals surface area contributed by atoms with Gasteiger partial charge in [0.1, 0.15) is 5.82 Å². The average Bonchev–Trinajstić information content (AvgIpc) is 3.20. The Morgan fingerprint density at radius 2 is 1.91 bits per heavy atom. The van der Waals surface area contributed by atoms with Crippen LogP contribution in [0, 0.1) is 5.82 Å². The zero-order valence-electron chi connectivity index (χ0n) is 17.7. The Balaban J connectivity index is 1.13. The van der Waals surface area contributed by atoms with Crippen LogP contribution in [0.1, 0.15) is 12.8 Å². The van der Waals surface area contributed by atoms with E-state index >= 15 is 0 Å². The molecular formula is C23H26FN5O2S. The van der Waals surface area contributed by atoms with Crippen LogP contribution in [-0.2, 0) is 9.59 Å². The number of aromatic amines is 1. The van der Waals surface area contributed by atoms with E-state index < -0.39 is 0 Å². The first-order valence-corrected chi connectivity index (χ1v) is 11.7. The first kappa shape index (κ1) is 22.3. The SMILES string of the molecule is O=C(CN1CCN(C(=O)CCCSc2nc3ccccc3[nH]2)CC1)Nc1cccc(F)c1. The van der Waals surface area contributed by atoms with Crippen molar-refractivity contribution in [3.05, 3.63) is 54.3 Å². The molecule has 0 spiro atoms. The second kappa shape index (κ2) is 10.6. The van der Waals surface area contributed by atoms with Gasteiger partial charge in [0.2, 0.25) is 11.8 Å². The van der Waals surface area contributed by atoms with Crippen molar-refractivity contribution in [3.8, 4) is 0 Å². The van der Waals surface area contributed by atoms with Crippen LogP contribution in [0.5, 0.6) is 0 Å². The number of H-pyrrole nitrogens is 1. The summed E-state index contributed by atoms with van der Waals surface area (Å²) < 4.78 is 13.2. The minimum Gasteiger partial charge on any atom is -0.340 e. The number of fused-ring (bicyclic) bond motifs is 1. The molecule has 0 radical (unpaired) electrons. The Kier molecular flexibility index (Phi) is 7.39. The number of piperazine rings is 1. The van der Waals surface area contributed by atoms with Crippen LogP contribution >= 0.6 is 11.8 Å². The number of carbonyl (C=O) groups is 2.